The molecule has 0 aliphatic heterocycles. The number of pyridine rings is 1. The third-order valence-electron chi connectivity index (χ3n) is 3.81. The predicted molar refractivity (Wildman–Crippen MR) is 122 cm³/mol. The van der Waals surface area contributed by atoms with Crippen molar-refractivity contribution < 1.29 is 9.84 Å². The van der Waals surface area contributed by atoms with Crippen LogP contribution in [0, 0.1) is 5.41 Å². The fourth-order valence-electron chi connectivity index (χ4n) is 2.46. The second-order valence-electron chi connectivity index (χ2n) is 6.99. The average molecular weight is 419 g/mol. The van der Waals surface area contributed by atoms with Crippen LogP contribution in [0.5, 0.6) is 5.75 Å². The van der Waals surface area contributed by atoms with Crippen molar-refractivity contribution in [2.24, 2.45) is 5.73 Å². The van der Waals surface area contributed by atoms with Crippen molar-refractivity contribution in [3.63, 3.8) is 0 Å². The molecule has 0 aliphatic carbocycles. The number of ether oxygens (including phenoxy) is 1. The number of hydrogen-bond acceptors (Lipinski definition) is 9. The summed E-state index contributed by atoms with van der Waals surface area (Å²) >= 11 is 1.42. The first-order chi connectivity index (χ1) is 13.8. The van der Waals surface area contributed by atoms with Gasteiger partial charge in [-0.1, -0.05) is 12.1 Å². The molecular formula is C20H30N6O2S. The van der Waals surface area contributed by atoms with Crippen LogP contribution in [0.15, 0.2) is 30.3 Å². The van der Waals surface area contributed by atoms with Gasteiger partial charge < -0.3 is 31.0 Å². The first-order valence-corrected chi connectivity index (χ1v) is 10.1. The number of nitrogens with one attached hydrogen (secondary N) is 3. The minimum atomic E-state index is -0.704. The maximum absolute atomic E-state index is 9.62. The lowest BCUT2D eigenvalue weighted by atomic mass is 10.1. The molecule has 1 unspecified atom stereocenters. The first-order valence-electron chi connectivity index (χ1n) is 9.37. The zero-order valence-electron chi connectivity index (χ0n) is 17.3. The van der Waals surface area contributed by atoms with E-state index in [4.69, 9.17) is 20.9 Å². The summed E-state index contributed by atoms with van der Waals surface area (Å²) in [6.07, 6.45) is 0.595. The number of nitrogens with zero attached hydrogens (tertiary/aromatic N) is 2. The molecule has 1 atom stereocenters. The van der Waals surface area contributed by atoms with Crippen molar-refractivity contribution in [1.82, 2.24) is 9.29 Å². The maximum Gasteiger partial charge on any atom is 0.137 e. The van der Waals surface area contributed by atoms with E-state index in [1.807, 2.05) is 62.6 Å². The summed E-state index contributed by atoms with van der Waals surface area (Å²) < 4.78 is 10.8. The Morgan fingerprint density at radius 3 is 2.72 bits per heavy atom. The van der Waals surface area contributed by atoms with E-state index < -0.39 is 6.10 Å². The fraction of sp³-hybridized carbons (Fsp3) is 0.400. The highest BCUT2D eigenvalue weighted by molar-refractivity contribution is 7.98. The third-order valence-corrected chi connectivity index (χ3v) is 4.49. The number of anilines is 2. The van der Waals surface area contributed by atoms with Crippen molar-refractivity contribution in [3.05, 3.63) is 35.9 Å². The molecule has 1 aromatic carbocycles. The molecule has 158 valence electrons. The minimum absolute atomic E-state index is 0.132. The highest BCUT2D eigenvalue weighted by atomic mass is 32.2. The van der Waals surface area contributed by atoms with E-state index in [0.717, 1.165) is 16.9 Å². The molecule has 0 spiro atoms. The summed E-state index contributed by atoms with van der Waals surface area (Å²) in [4.78, 5) is 4.74. The summed E-state index contributed by atoms with van der Waals surface area (Å²) in [6, 6.07) is 9.60. The van der Waals surface area contributed by atoms with Crippen molar-refractivity contribution in [2.75, 3.05) is 37.3 Å². The number of nitrogens with two attached hydrogens (primary N) is 1. The van der Waals surface area contributed by atoms with Crippen LogP contribution in [-0.2, 0) is 0 Å². The zero-order valence-corrected chi connectivity index (χ0v) is 18.1. The van der Waals surface area contributed by atoms with Crippen LogP contribution in [0.1, 0.15) is 19.4 Å². The third kappa shape index (κ3) is 6.90. The molecule has 0 bridgehead atoms. The first kappa shape index (κ1) is 23.0. The van der Waals surface area contributed by atoms with Gasteiger partial charge in [-0.05, 0) is 46.1 Å². The van der Waals surface area contributed by atoms with Gasteiger partial charge in [0.2, 0.25) is 0 Å². The van der Waals surface area contributed by atoms with E-state index in [-0.39, 0.29) is 19.2 Å². The standard InChI is InChI=1S/C20H30N6O2S/c1-13(2)23-20-17(11-22)19(25-29-26(3)4)9-18(24-20)14-6-5-7-16(8-14)28-12-15(27)10-21/h5-9,11,13,15,22,27H,10,12,21H2,1-4H3,(H2,23,24,25). The molecule has 2 rings (SSSR count). The van der Waals surface area contributed by atoms with Crippen LogP contribution >= 0.6 is 12.1 Å². The number of aliphatic hydroxyl groups is 1. The molecular weight excluding hydrogens is 388 g/mol. The van der Waals surface area contributed by atoms with Gasteiger partial charge >= 0.3 is 0 Å². The van der Waals surface area contributed by atoms with Gasteiger partial charge in [-0.25, -0.2) is 9.29 Å². The fourth-order valence-corrected chi connectivity index (χ4v) is 2.91. The molecule has 1 heterocycles. The Hall–Kier alpha value is -2.33. The zero-order chi connectivity index (χ0) is 21.4. The smallest absolute Gasteiger partial charge is 0.137 e. The summed E-state index contributed by atoms with van der Waals surface area (Å²) in [7, 11) is 3.88. The van der Waals surface area contributed by atoms with Crippen molar-refractivity contribution >= 4 is 29.9 Å². The summed E-state index contributed by atoms with van der Waals surface area (Å²) in [6.45, 7) is 4.34. The Bertz CT molecular complexity index is 816. The number of benzene rings is 1. The van der Waals surface area contributed by atoms with Crippen LogP contribution in [0.2, 0.25) is 0 Å². The van der Waals surface area contributed by atoms with Gasteiger partial charge in [-0.15, -0.1) is 0 Å². The van der Waals surface area contributed by atoms with E-state index in [0.29, 0.717) is 17.1 Å². The molecule has 1 aromatic heterocycles. The molecule has 0 amide bonds. The topological polar surface area (TPSA) is 120 Å². The Kier molecular flexibility index (Phi) is 8.71. The summed E-state index contributed by atoms with van der Waals surface area (Å²) in [5, 5.41) is 20.8. The lowest BCUT2D eigenvalue weighted by Gasteiger charge is -2.19. The van der Waals surface area contributed by atoms with E-state index in [9.17, 15) is 5.11 Å². The quantitative estimate of drug-likeness (QED) is 0.279. The van der Waals surface area contributed by atoms with Gasteiger partial charge in [0.25, 0.3) is 0 Å². The van der Waals surface area contributed by atoms with Crippen LogP contribution in [-0.4, -0.2) is 60.0 Å². The Morgan fingerprint density at radius 2 is 2.10 bits per heavy atom. The molecule has 6 N–H and O–H groups in total. The van der Waals surface area contributed by atoms with Gasteiger partial charge in [0.05, 0.1) is 16.9 Å². The van der Waals surface area contributed by atoms with Crippen LogP contribution in [0.3, 0.4) is 0 Å². The average Bonchev–Trinajstić information content (AvgIpc) is 2.69. The molecule has 2 aromatic rings. The molecule has 0 saturated heterocycles. The Labute approximate surface area is 176 Å². The Morgan fingerprint density at radius 1 is 1.34 bits per heavy atom. The maximum atomic E-state index is 9.62. The van der Waals surface area contributed by atoms with Crippen molar-refractivity contribution in [1.29, 1.82) is 5.41 Å². The highest BCUT2D eigenvalue weighted by Crippen LogP contribution is 2.31. The summed E-state index contributed by atoms with van der Waals surface area (Å²) in [5.41, 5.74) is 8.52. The largest absolute Gasteiger partial charge is 0.491 e. The summed E-state index contributed by atoms with van der Waals surface area (Å²) in [5.74, 6) is 1.27. The normalized spacial score (nSPS) is 12.1. The molecule has 0 aliphatic rings. The molecule has 29 heavy (non-hydrogen) atoms. The lowest BCUT2D eigenvalue weighted by Crippen LogP contribution is -2.26. The number of hydrogen-bond donors (Lipinski definition) is 5. The molecule has 8 nitrogen and oxygen atoms in total. The van der Waals surface area contributed by atoms with Crippen LogP contribution in [0.4, 0.5) is 11.5 Å². The molecule has 0 fully saturated rings. The second-order valence-corrected chi connectivity index (χ2v) is 8.11. The van der Waals surface area contributed by atoms with Gasteiger partial charge in [0.15, 0.2) is 0 Å². The number of rotatable bonds is 11. The van der Waals surface area contributed by atoms with E-state index in [2.05, 4.69) is 10.0 Å². The molecule has 9 heteroatoms. The van der Waals surface area contributed by atoms with Crippen LogP contribution < -0.4 is 20.5 Å². The highest BCUT2D eigenvalue weighted by Gasteiger charge is 2.14. The van der Waals surface area contributed by atoms with Crippen LogP contribution in [0.25, 0.3) is 11.3 Å². The minimum Gasteiger partial charge on any atom is -0.491 e. The van der Waals surface area contributed by atoms with Gasteiger partial charge in [0.1, 0.15) is 24.3 Å². The molecule has 0 saturated carbocycles. The van der Waals surface area contributed by atoms with E-state index >= 15 is 0 Å². The number of aliphatic hydroxyl groups excluding tert-OH is 1. The lowest BCUT2D eigenvalue weighted by molar-refractivity contribution is 0.114. The number of aromatic nitrogens is 1. The van der Waals surface area contributed by atoms with Crippen molar-refractivity contribution in [2.45, 2.75) is 26.0 Å². The monoisotopic (exact) mass is 418 g/mol. The van der Waals surface area contributed by atoms with E-state index in [1.54, 1.807) is 0 Å². The Balaban J connectivity index is 2.42. The predicted octanol–water partition coefficient (Wildman–Crippen LogP) is 2.80. The SMILES string of the molecule is CC(C)Nc1nc(-c2cccc(OCC(O)CN)c2)cc(NSN(C)C)c1C=N. The van der Waals surface area contributed by atoms with Gasteiger partial charge in [-0.3, -0.25) is 0 Å². The van der Waals surface area contributed by atoms with Gasteiger partial charge in [-0.2, -0.15) is 0 Å². The molecule has 0 radical (unpaired) electrons. The second kappa shape index (κ2) is 11.0. The van der Waals surface area contributed by atoms with Crippen molar-refractivity contribution in [3.8, 4) is 17.0 Å². The van der Waals surface area contributed by atoms with E-state index in [1.165, 1.54) is 18.3 Å². The van der Waals surface area contributed by atoms with Gasteiger partial charge in [0, 0.05) is 36.5 Å².